The normalized spacial score (nSPS) is 49.6. The van der Waals surface area contributed by atoms with Crippen LogP contribution in [0, 0.1) is 27.6 Å². The van der Waals surface area contributed by atoms with Gasteiger partial charge in [0.25, 0.3) is 0 Å². The fourth-order valence-electron chi connectivity index (χ4n) is 8.74. The van der Waals surface area contributed by atoms with Crippen molar-refractivity contribution in [1.82, 2.24) is 0 Å². The summed E-state index contributed by atoms with van der Waals surface area (Å²) in [5.41, 5.74) is -9.87. The third kappa shape index (κ3) is 2.82. The molecule has 0 heterocycles. The Morgan fingerprint density at radius 3 is 2.36 bits per heavy atom. The molecule has 9 heteroatoms. The average Bonchev–Trinajstić information content (AvgIpc) is 2.97. The maximum atomic E-state index is 17.8. The number of hydrogen-bond donors (Lipinski definition) is 1. The Labute approximate surface area is 214 Å². The molecule has 0 aromatic heterocycles. The van der Waals surface area contributed by atoms with E-state index in [4.69, 9.17) is 4.74 Å². The second-order valence-corrected chi connectivity index (χ2v) is 12.7. The predicted octanol–water partition coefficient (Wildman–Crippen LogP) is 5.21. The largest absolute Gasteiger partial charge is 0.449 e. The second-order valence-electron chi connectivity index (χ2n) is 11.8. The standard InChI is InChI=1S/C27H35F3O5S/c1-7-20(33)35-26(21(34)36-14-28)15(2)11-23(4)24(26,5)13-19(32)27(30)22(3)9-8-16(31)10-17(22)18(29)12-25(23,27)6/h8-10,15,18-19,32H,7,11-14H2,1-6H3/t15-,18+,19+,22?,23-,24+,25?,26+,27+/m1/s1. The Balaban J connectivity index is 2.00. The molecule has 2 unspecified atom stereocenters. The summed E-state index contributed by atoms with van der Waals surface area (Å²) in [5, 5.41) is 11.0. The van der Waals surface area contributed by atoms with Crippen LogP contribution in [0.1, 0.15) is 67.2 Å². The van der Waals surface area contributed by atoms with Crippen LogP contribution in [0.15, 0.2) is 23.8 Å². The van der Waals surface area contributed by atoms with Crippen LogP contribution in [0.4, 0.5) is 13.2 Å². The van der Waals surface area contributed by atoms with Crippen LogP contribution in [0.2, 0.25) is 0 Å². The summed E-state index contributed by atoms with van der Waals surface area (Å²) in [6, 6.07) is -1.03. The van der Waals surface area contributed by atoms with Gasteiger partial charge in [-0.3, -0.25) is 14.4 Å². The fraction of sp³-hybridized carbons (Fsp3) is 0.741. The number of allylic oxidation sites excluding steroid dienone is 4. The zero-order valence-corrected chi connectivity index (χ0v) is 22.4. The molecule has 0 amide bonds. The molecule has 0 saturated heterocycles. The van der Waals surface area contributed by atoms with Crippen LogP contribution in [-0.4, -0.2) is 51.5 Å². The van der Waals surface area contributed by atoms with E-state index in [2.05, 4.69) is 0 Å². The summed E-state index contributed by atoms with van der Waals surface area (Å²) < 4.78 is 53.2. The van der Waals surface area contributed by atoms with Gasteiger partial charge in [0, 0.05) is 28.6 Å². The number of ether oxygens (including phenoxy) is 1. The second kappa shape index (κ2) is 8.19. The van der Waals surface area contributed by atoms with Crippen molar-refractivity contribution in [3.63, 3.8) is 0 Å². The van der Waals surface area contributed by atoms with Gasteiger partial charge in [0.15, 0.2) is 17.1 Å². The monoisotopic (exact) mass is 528 g/mol. The molecule has 36 heavy (non-hydrogen) atoms. The maximum absolute atomic E-state index is 17.8. The number of carbonyl (C=O) groups excluding carboxylic acids is 3. The van der Waals surface area contributed by atoms with E-state index in [0.717, 1.165) is 6.08 Å². The van der Waals surface area contributed by atoms with Crippen molar-refractivity contribution < 1.29 is 37.4 Å². The third-order valence-corrected chi connectivity index (χ3v) is 11.4. The van der Waals surface area contributed by atoms with E-state index < -0.39 is 74.0 Å². The van der Waals surface area contributed by atoms with Crippen molar-refractivity contribution in [1.29, 1.82) is 0 Å². The Kier molecular flexibility index (Phi) is 6.24. The molecule has 4 aliphatic carbocycles. The van der Waals surface area contributed by atoms with Gasteiger partial charge in [-0.2, -0.15) is 0 Å². The van der Waals surface area contributed by atoms with Crippen molar-refractivity contribution in [2.75, 3.05) is 6.01 Å². The number of halogens is 3. The number of thioether (sulfide) groups is 1. The molecule has 4 aliphatic rings. The Morgan fingerprint density at radius 2 is 1.78 bits per heavy atom. The van der Waals surface area contributed by atoms with Gasteiger partial charge >= 0.3 is 5.97 Å². The first-order chi connectivity index (χ1) is 16.6. The van der Waals surface area contributed by atoms with Gasteiger partial charge in [-0.15, -0.1) is 0 Å². The number of hydrogen-bond acceptors (Lipinski definition) is 6. The number of aliphatic hydroxyl groups excluding tert-OH is 1. The zero-order chi connectivity index (χ0) is 27.1. The highest BCUT2D eigenvalue weighted by Gasteiger charge is 2.85. The number of rotatable bonds is 4. The highest BCUT2D eigenvalue weighted by molar-refractivity contribution is 8.13. The maximum Gasteiger partial charge on any atom is 0.306 e. The smallest absolute Gasteiger partial charge is 0.306 e. The van der Waals surface area contributed by atoms with Crippen LogP contribution < -0.4 is 0 Å². The van der Waals surface area contributed by atoms with Crippen molar-refractivity contribution in [2.24, 2.45) is 27.6 Å². The van der Waals surface area contributed by atoms with E-state index in [9.17, 15) is 23.9 Å². The molecule has 0 aromatic rings. The zero-order valence-electron chi connectivity index (χ0n) is 21.6. The van der Waals surface area contributed by atoms with Gasteiger partial charge in [0.1, 0.15) is 12.2 Å². The van der Waals surface area contributed by atoms with Crippen LogP contribution >= 0.6 is 11.8 Å². The number of alkyl halides is 3. The molecular weight excluding hydrogens is 493 g/mol. The van der Waals surface area contributed by atoms with Crippen molar-refractivity contribution in [3.8, 4) is 0 Å². The first-order valence-corrected chi connectivity index (χ1v) is 13.5. The molecule has 4 rings (SSSR count). The minimum absolute atomic E-state index is 0.00000806. The number of ketones is 1. The Morgan fingerprint density at radius 1 is 1.14 bits per heavy atom. The summed E-state index contributed by atoms with van der Waals surface area (Å²) in [7, 11) is 0. The molecule has 1 N–H and O–H groups in total. The summed E-state index contributed by atoms with van der Waals surface area (Å²) in [6.07, 6.45) is -0.0925. The van der Waals surface area contributed by atoms with Gasteiger partial charge in [-0.05, 0) is 61.1 Å². The molecule has 0 spiro atoms. The van der Waals surface area contributed by atoms with Crippen molar-refractivity contribution >= 4 is 28.6 Å². The van der Waals surface area contributed by atoms with Gasteiger partial charge in [0.05, 0.1) is 6.10 Å². The van der Waals surface area contributed by atoms with Crippen LogP contribution in [0.25, 0.3) is 0 Å². The first-order valence-electron chi connectivity index (χ1n) is 12.5. The van der Waals surface area contributed by atoms with E-state index in [1.165, 1.54) is 19.1 Å². The molecular formula is C27H35F3O5S. The molecule has 9 atom stereocenters. The summed E-state index contributed by atoms with van der Waals surface area (Å²) in [4.78, 5) is 38.4. The van der Waals surface area contributed by atoms with E-state index in [1.807, 2.05) is 0 Å². The fourth-order valence-corrected chi connectivity index (χ4v) is 9.52. The Hall–Kier alpha value is -1.61. The average molecular weight is 529 g/mol. The molecule has 0 bridgehead atoms. The SMILES string of the molecule is CCC(=O)O[C@]1(C(=O)SCF)[C@H](C)C[C@@]2(C)C3(C)C[C@H](F)C4=CC(=O)C=CC4(C)[C@@]3(F)[C@@H](O)C[C@]12C. The van der Waals surface area contributed by atoms with Crippen molar-refractivity contribution in [2.45, 2.75) is 90.8 Å². The molecule has 5 nitrogen and oxygen atoms in total. The van der Waals surface area contributed by atoms with Crippen LogP contribution in [-0.2, 0) is 19.1 Å². The lowest BCUT2D eigenvalue weighted by atomic mass is 9.34. The summed E-state index contributed by atoms with van der Waals surface area (Å²) in [5.74, 6) is -1.74. The van der Waals surface area contributed by atoms with Gasteiger partial charge in [-0.25, -0.2) is 13.2 Å². The van der Waals surface area contributed by atoms with Crippen LogP contribution in [0.3, 0.4) is 0 Å². The highest BCUT2D eigenvalue weighted by Crippen LogP contribution is 2.81. The minimum Gasteiger partial charge on any atom is -0.449 e. The van der Waals surface area contributed by atoms with Gasteiger partial charge in [0.2, 0.25) is 5.12 Å². The highest BCUT2D eigenvalue weighted by atomic mass is 32.2. The minimum atomic E-state index is -2.40. The lowest BCUT2D eigenvalue weighted by Gasteiger charge is -2.72. The third-order valence-electron chi connectivity index (χ3n) is 10.7. The van der Waals surface area contributed by atoms with Gasteiger partial charge < -0.3 is 9.84 Å². The Bertz CT molecular complexity index is 1080. The lowest BCUT2D eigenvalue weighted by molar-refractivity contribution is -0.293. The van der Waals surface area contributed by atoms with Crippen LogP contribution in [0.5, 0.6) is 0 Å². The van der Waals surface area contributed by atoms with Crippen molar-refractivity contribution in [3.05, 3.63) is 23.8 Å². The topological polar surface area (TPSA) is 80.7 Å². The van der Waals surface area contributed by atoms with Gasteiger partial charge in [-0.1, -0.05) is 40.7 Å². The quantitative estimate of drug-likeness (QED) is 0.505. The van der Waals surface area contributed by atoms with E-state index >= 15 is 8.78 Å². The predicted molar refractivity (Wildman–Crippen MR) is 130 cm³/mol. The first kappa shape index (κ1) is 27.4. The number of carbonyl (C=O) groups is 3. The summed E-state index contributed by atoms with van der Waals surface area (Å²) >= 11 is 0.393. The molecule has 0 radical (unpaired) electrons. The van der Waals surface area contributed by atoms with E-state index in [0.29, 0.717) is 11.8 Å². The molecule has 0 aliphatic heterocycles. The molecule has 3 fully saturated rings. The molecule has 0 aromatic carbocycles. The van der Waals surface area contributed by atoms with E-state index in [1.54, 1.807) is 34.6 Å². The lowest BCUT2D eigenvalue weighted by Crippen LogP contribution is -2.77. The molecule has 3 saturated carbocycles. The number of fused-ring (bicyclic) bond motifs is 5. The molecule has 200 valence electrons. The summed E-state index contributed by atoms with van der Waals surface area (Å²) in [6.45, 7) is 9.87. The number of esters is 1. The van der Waals surface area contributed by atoms with E-state index in [-0.39, 0.29) is 31.3 Å². The number of aliphatic hydroxyl groups is 1.